The lowest BCUT2D eigenvalue weighted by atomic mass is 10.0. The molecule has 0 aliphatic rings. The number of para-hydroxylation sites is 2. The van der Waals surface area contributed by atoms with Gasteiger partial charge in [-0.05, 0) is 49.2 Å². The highest BCUT2D eigenvalue weighted by atomic mass is 14.8. The van der Waals surface area contributed by atoms with Crippen molar-refractivity contribution < 1.29 is 0 Å². The van der Waals surface area contributed by atoms with Crippen LogP contribution in [0.3, 0.4) is 0 Å². The number of hydrogen-bond donors (Lipinski definition) is 0. The van der Waals surface area contributed by atoms with Gasteiger partial charge in [0.25, 0.3) is 0 Å². The molecule has 0 bridgehead atoms. The summed E-state index contributed by atoms with van der Waals surface area (Å²) in [4.78, 5) is 19.1. The molecule has 0 atom stereocenters. The van der Waals surface area contributed by atoms with Crippen LogP contribution in [-0.2, 0) is 0 Å². The summed E-state index contributed by atoms with van der Waals surface area (Å²) >= 11 is 0. The Morgan fingerprint density at radius 2 is 1.04 bits per heavy atom. The zero-order valence-corrected chi connectivity index (χ0v) is 13.4. The van der Waals surface area contributed by atoms with Gasteiger partial charge in [0.2, 0.25) is 0 Å². The van der Waals surface area contributed by atoms with Gasteiger partial charge in [-0.15, -0.1) is 0 Å². The summed E-state index contributed by atoms with van der Waals surface area (Å²) in [5.74, 6) is 0. The smallest absolute Gasteiger partial charge is 0.0999 e. The Morgan fingerprint density at radius 1 is 0.583 bits per heavy atom. The highest BCUT2D eigenvalue weighted by Crippen LogP contribution is 2.34. The van der Waals surface area contributed by atoms with Crippen LogP contribution in [0.15, 0.2) is 48.8 Å². The average molecular weight is 310 g/mol. The van der Waals surface area contributed by atoms with Crippen molar-refractivity contribution in [1.82, 2.24) is 19.9 Å². The van der Waals surface area contributed by atoms with Gasteiger partial charge in [0.1, 0.15) is 0 Å². The van der Waals surface area contributed by atoms with E-state index < -0.39 is 0 Å². The van der Waals surface area contributed by atoms with E-state index in [2.05, 4.69) is 23.8 Å². The van der Waals surface area contributed by atoms with Crippen molar-refractivity contribution in [3.05, 3.63) is 59.9 Å². The third kappa shape index (κ3) is 1.68. The van der Waals surface area contributed by atoms with Gasteiger partial charge in [0, 0.05) is 23.2 Å². The van der Waals surface area contributed by atoms with Crippen molar-refractivity contribution in [2.75, 3.05) is 0 Å². The van der Waals surface area contributed by atoms with Crippen LogP contribution in [0.2, 0.25) is 0 Å². The summed E-state index contributed by atoms with van der Waals surface area (Å²) in [5, 5.41) is 2.08. The fraction of sp³-hybridized carbons (Fsp3) is 0.100. The van der Waals surface area contributed by atoms with Gasteiger partial charge in [-0.3, -0.25) is 9.97 Å². The molecule has 0 fully saturated rings. The second-order valence-electron chi connectivity index (χ2n) is 6.11. The lowest BCUT2D eigenvalue weighted by molar-refractivity contribution is 1.32. The maximum atomic E-state index is 4.93. The highest BCUT2D eigenvalue weighted by Gasteiger charge is 2.16. The van der Waals surface area contributed by atoms with Gasteiger partial charge in [-0.1, -0.05) is 12.1 Å². The molecule has 4 nitrogen and oxygen atoms in total. The van der Waals surface area contributed by atoms with Crippen LogP contribution in [0, 0.1) is 13.8 Å². The van der Waals surface area contributed by atoms with Crippen molar-refractivity contribution in [3.63, 3.8) is 0 Å². The molecule has 2 aromatic carbocycles. The summed E-state index contributed by atoms with van der Waals surface area (Å²) in [6.45, 7) is 4.17. The number of hydrogen-bond acceptors (Lipinski definition) is 4. The van der Waals surface area contributed by atoms with Gasteiger partial charge in [0.05, 0.1) is 33.1 Å². The summed E-state index contributed by atoms with van der Waals surface area (Å²) in [6, 6.07) is 12.0. The van der Waals surface area contributed by atoms with E-state index in [-0.39, 0.29) is 0 Å². The van der Waals surface area contributed by atoms with Gasteiger partial charge in [0.15, 0.2) is 0 Å². The Hall–Kier alpha value is -3.14. The first-order valence-electron chi connectivity index (χ1n) is 7.93. The van der Waals surface area contributed by atoms with Crippen LogP contribution in [-0.4, -0.2) is 19.9 Å². The fourth-order valence-electron chi connectivity index (χ4n) is 3.42. The van der Waals surface area contributed by atoms with Crippen LogP contribution < -0.4 is 0 Å². The quantitative estimate of drug-likeness (QED) is 0.312. The number of rotatable bonds is 0. The monoisotopic (exact) mass is 310 g/mol. The lowest BCUT2D eigenvalue weighted by Crippen LogP contribution is -1.96. The Balaban J connectivity index is 2.21. The van der Waals surface area contributed by atoms with E-state index in [0.717, 1.165) is 55.0 Å². The second-order valence-corrected chi connectivity index (χ2v) is 6.11. The number of nitrogens with zero attached hydrogens (tertiary/aromatic N) is 4. The molecule has 24 heavy (non-hydrogen) atoms. The molecule has 0 radical (unpaired) electrons. The number of benzene rings is 2. The molecular formula is C20H14N4. The van der Waals surface area contributed by atoms with Crippen molar-refractivity contribution in [2.24, 2.45) is 0 Å². The van der Waals surface area contributed by atoms with Crippen LogP contribution in [0.4, 0.5) is 0 Å². The van der Waals surface area contributed by atoms with Crippen molar-refractivity contribution in [1.29, 1.82) is 0 Å². The highest BCUT2D eigenvalue weighted by molar-refractivity contribution is 6.22. The minimum absolute atomic E-state index is 0.894. The number of aromatic nitrogens is 4. The summed E-state index contributed by atoms with van der Waals surface area (Å²) < 4.78 is 0. The predicted molar refractivity (Wildman–Crippen MR) is 97.1 cm³/mol. The molecule has 5 aromatic rings. The van der Waals surface area contributed by atoms with Gasteiger partial charge >= 0.3 is 0 Å². The average Bonchev–Trinajstić information content (AvgIpc) is 2.60. The van der Waals surface area contributed by atoms with E-state index in [1.807, 2.05) is 48.8 Å². The molecule has 0 aliphatic carbocycles. The molecule has 0 amide bonds. The minimum Gasteiger partial charge on any atom is -0.254 e. The summed E-state index contributed by atoms with van der Waals surface area (Å²) in [7, 11) is 0. The molecule has 4 heteroatoms. The first-order chi connectivity index (χ1) is 11.7. The SMILES string of the molecule is Cc1ccnc2c3nccc(C)c3c3nc4ccccc4nc3c12. The van der Waals surface area contributed by atoms with Gasteiger partial charge in [-0.25, -0.2) is 9.97 Å². The standard InChI is InChI=1S/C20H14N4/c1-11-7-9-21-17-15(11)19-20(16-12(2)8-10-22-18(16)17)24-14-6-4-3-5-13(14)23-19/h3-10H,1-2H3. The van der Waals surface area contributed by atoms with Crippen molar-refractivity contribution >= 4 is 43.9 Å². The molecule has 114 valence electrons. The molecule has 0 aliphatic heterocycles. The van der Waals surface area contributed by atoms with E-state index in [1.54, 1.807) is 0 Å². The molecule has 3 aromatic heterocycles. The Kier molecular flexibility index (Phi) is 2.59. The predicted octanol–water partition coefficient (Wildman–Crippen LogP) is 4.50. The molecule has 0 N–H and O–H groups in total. The van der Waals surface area contributed by atoms with Crippen LogP contribution in [0.1, 0.15) is 11.1 Å². The molecular weight excluding hydrogens is 296 g/mol. The molecule has 0 spiro atoms. The second kappa shape index (κ2) is 4.68. The summed E-state index contributed by atoms with van der Waals surface area (Å²) in [5.41, 5.74) is 7.66. The first kappa shape index (κ1) is 13.3. The molecule has 0 saturated carbocycles. The van der Waals surface area contributed by atoms with E-state index in [0.29, 0.717) is 0 Å². The third-order valence-corrected chi connectivity index (χ3v) is 4.59. The van der Waals surface area contributed by atoms with Crippen molar-refractivity contribution in [2.45, 2.75) is 13.8 Å². The van der Waals surface area contributed by atoms with Crippen molar-refractivity contribution in [3.8, 4) is 0 Å². The Morgan fingerprint density at radius 3 is 1.50 bits per heavy atom. The van der Waals surface area contributed by atoms with Gasteiger partial charge in [-0.2, -0.15) is 0 Å². The Labute approximate surface area is 138 Å². The minimum atomic E-state index is 0.894. The van der Waals surface area contributed by atoms with Crippen LogP contribution >= 0.6 is 0 Å². The van der Waals surface area contributed by atoms with E-state index >= 15 is 0 Å². The van der Waals surface area contributed by atoms with E-state index in [1.165, 1.54) is 0 Å². The topological polar surface area (TPSA) is 51.6 Å². The van der Waals surface area contributed by atoms with E-state index in [4.69, 9.17) is 9.97 Å². The Bertz CT molecular complexity index is 1180. The molecule has 0 saturated heterocycles. The number of aryl methyl sites for hydroxylation is 2. The van der Waals surface area contributed by atoms with E-state index in [9.17, 15) is 0 Å². The first-order valence-corrected chi connectivity index (χ1v) is 7.93. The largest absolute Gasteiger partial charge is 0.254 e. The lowest BCUT2D eigenvalue weighted by Gasteiger charge is -2.11. The molecule has 3 heterocycles. The molecule has 0 unspecified atom stereocenters. The molecule has 5 rings (SSSR count). The maximum Gasteiger partial charge on any atom is 0.0999 e. The maximum absolute atomic E-state index is 4.93. The zero-order chi connectivity index (χ0) is 16.3. The van der Waals surface area contributed by atoms with Crippen LogP contribution in [0.5, 0.6) is 0 Å². The zero-order valence-electron chi connectivity index (χ0n) is 13.4. The number of pyridine rings is 2. The fourth-order valence-corrected chi connectivity index (χ4v) is 3.42. The summed E-state index contributed by atoms with van der Waals surface area (Å²) in [6.07, 6.45) is 3.67. The van der Waals surface area contributed by atoms with Gasteiger partial charge < -0.3 is 0 Å². The third-order valence-electron chi connectivity index (χ3n) is 4.59. The number of fused-ring (bicyclic) bond motifs is 7. The normalized spacial score (nSPS) is 11.8. The van der Waals surface area contributed by atoms with Crippen LogP contribution in [0.25, 0.3) is 43.9 Å².